The van der Waals surface area contributed by atoms with E-state index >= 15 is 0 Å². The third-order valence-corrected chi connectivity index (χ3v) is 4.16. The Morgan fingerprint density at radius 3 is 2.47 bits per heavy atom. The van der Waals surface area contributed by atoms with Gasteiger partial charge in [0.15, 0.2) is 0 Å². The van der Waals surface area contributed by atoms with Crippen molar-refractivity contribution in [2.45, 2.75) is 64.8 Å². The monoisotopic (exact) mass is 211 g/mol. The van der Waals surface area contributed by atoms with Crippen molar-refractivity contribution in [2.75, 3.05) is 6.61 Å². The number of hydroxylamine groups is 1. The van der Waals surface area contributed by atoms with Crippen molar-refractivity contribution in [3.63, 3.8) is 0 Å². The third-order valence-electron chi connectivity index (χ3n) is 4.16. The minimum atomic E-state index is 0.620. The van der Waals surface area contributed by atoms with Gasteiger partial charge in [-0.05, 0) is 37.0 Å². The van der Waals surface area contributed by atoms with Crippen LogP contribution in [0.3, 0.4) is 0 Å². The summed E-state index contributed by atoms with van der Waals surface area (Å²) < 4.78 is 0. The van der Waals surface area contributed by atoms with E-state index in [4.69, 9.17) is 4.84 Å². The van der Waals surface area contributed by atoms with Gasteiger partial charge in [-0.3, -0.25) is 0 Å². The molecule has 0 heterocycles. The van der Waals surface area contributed by atoms with Gasteiger partial charge in [-0.2, -0.15) is 5.48 Å². The fraction of sp³-hybridized carbons (Fsp3) is 1.00. The first-order valence-electron chi connectivity index (χ1n) is 6.60. The van der Waals surface area contributed by atoms with E-state index in [2.05, 4.69) is 19.3 Å². The van der Waals surface area contributed by atoms with E-state index in [9.17, 15) is 0 Å². The number of rotatable bonds is 4. The van der Waals surface area contributed by atoms with Crippen LogP contribution in [-0.4, -0.2) is 12.6 Å². The van der Waals surface area contributed by atoms with Gasteiger partial charge < -0.3 is 4.84 Å². The van der Waals surface area contributed by atoms with Crippen LogP contribution in [-0.2, 0) is 4.84 Å². The van der Waals surface area contributed by atoms with Gasteiger partial charge in [0.2, 0.25) is 0 Å². The molecule has 1 N–H and O–H groups in total. The molecule has 0 aromatic carbocycles. The SMILES string of the molecule is CC(C)CONC1CCC12CCCCC2. The van der Waals surface area contributed by atoms with E-state index in [1.54, 1.807) is 0 Å². The normalized spacial score (nSPS) is 29.4. The topological polar surface area (TPSA) is 21.3 Å². The highest BCUT2D eigenvalue weighted by Gasteiger charge is 2.46. The van der Waals surface area contributed by atoms with E-state index in [1.807, 2.05) is 0 Å². The molecule has 0 bridgehead atoms. The molecule has 0 saturated heterocycles. The Hall–Kier alpha value is -0.0800. The predicted octanol–water partition coefficient (Wildman–Crippen LogP) is 3.28. The molecule has 0 aromatic heterocycles. The van der Waals surface area contributed by atoms with Gasteiger partial charge in [-0.1, -0.05) is 33.1 Å². The first-order valence-corrected chi connectivity index (χ1v) is 6.60. The number of hydrogen-bond donors (Lipinski definition) is 1. The molecule has 1 spiro atoms. The summed E-state index contributed by atoms with van der Waals surface area (Å²) in [6.45, 7) is 5.23. The zero-order chi connectivity index (χ0) is 10.7. The second-order valence-corrected chi connectivity index (χ2v) is 5.84. The maximum absolute atomic E-state index is 5.58. The molecule has 88 valence electrons. The van der Waals surface area contributed by atoms with E-state index in [0.717, 1.165) is 6.61 Å². The lowest BCUT2D eigenvalue weighted by atomic mass is 9.57. The van der Waals surface area contributed by atoms with Gasteiger partial charge in [-0.25, -0.2) is 0 Å². The molecule has 2 nitrogen and oxygen atoms in total. The minimum Gasteiger partial charge on any atom is -0.301 e. The Labute approximate surface area is 93.7 Å². The Balaban J connectivity index is 1.73. The van der Waals surface area contributed by atoms with Crippen molar-refractivity contribution in [1.29, 1.82) is 0 Å². The van der Waals surface area contributed by atoms with Crippen LogP contribution < -0.4 is 5.48 Å². The van der Waals surface area contributed by atoms with Crippen LogP contribution in [0.5, 0.6) is 0 Å². The van der Waals surface area contributed by atoms with Crippen molar-refractivity contribution < 1.29 is 4.84 Å². The summed E-state index contributed by atoms with van der Waals surface area (Å²) in [6.07, 6.45) is 9.91. The molecule has 2 aliphatic rings. The van der Waals surface area contributed by atoms with Crippen molar-refractivity contribution >= 4 is 0 Å². The molecule has 2 fully saturated rings. The van der Waals surface area contributed by atoms with Crippen LogP contribution in [0, 0.1) is 11.3 Å². The van der Waals surface area contributed by atoms with Crippen LogP contribution in [0.4, 0.5) is 0 Å². The van der Waals surface area contributed by atoms with E-state index in [-0.39, 0.29) is 0 Å². The molecular weight excluding hydrogens is 186 g/mol. The van der Waals surface area contributed by atoms with E-state index in [1.165, 1.54) is 44.9 Å². The fourth-order valence-corrected chi connectivity index (χ4v) is 3.05. The largest absolute Gasteiger partial charge is 0.301 e. The first-order chi connectivity index (χ1) is 7.23. The first kappa shape index (κ1) is 11.4. The lowest BCUT2D eigenvalue weighted by Crippen LogP contribution is -2.54. The van der Waals surface area contributed by atoms with Crippen LogP contribution in [0.25, 0.3) is 0 Å². The zero-order valence-corrected chi connectivity index (χ0v) is 10.2. The molecule has 0 aliphatic heterocycles. The molecule has 0 aromatic rings. The summed E-state index contributed by atoms with van der Waals surface area (Å²) in [5, 5.41) is 0. The van der Waals surface area contributed by atoms with Crippen LogP contribution in [0.15, 0.2) is 0 Å². The molecular formula is C13H25NO. The molecule has 15 heavy (non-hydrogen) atoms. The highest BCUT2D eigenvalue weighted by Crippen LogP contribution is 2.51. The summed E-state index contributed by atoms with van der Waals surface area (Å²) in [7, 11) is 0. The summed E-state index contributed by atoms with van der Waals surface area (Å²) in [4.78, 5) is 5.58. The van der Waals surface area contributed by atoms with Gasteiger partial charge in [0, 0.05) is 6.04 Å². The standard InChI is InChI=1S/C13H25NO/c1-11(2)10-15-14-12-6-9-13(12)7-4-3-5-8-13/h11-12,14H,3-10H2,1-2H3. The average Bonchev–Trinajstić information content (AvgIpc) is 2.24. The molecule has 2 saturated carbocycles. The predicted molar refractivity (Wildman–Crippen MR) is 62.5 cm³/mol. The van der Waals surface area contributed by atoms with Gasteiger partial charge >= 0.3 is 0 Å². The molecule has 2 heteroatoms. The van der Waals surface area contributed by atoms with Crippen molar-refractivity contribution in [3.05, 3.63) is 0 Å². The van der Waals surface area contributed by atoms with Gasteiger partial charge in [-0.15, -0.1) is 0 Å². The summed E-state index contributed by atoms with van der Waals surface area (Å²) in [5.41, 5.74) is 3.93. The second kappa shape index (κ2) is 4.84. The second-order valence-electron chi connectivity index (χ2n) is 5.84. The van der Waals surface area contributed by atoms with Crippen LogP contribution in [0.2, 0.25) is 0 Å². The molecule has 0 radical (unpaired) electrons. The highest BCUT2D eigenvalue weighted by molar-refractivity contribution is 5.00. The fourth-order valence-electron chi connectivity index (χ4n) is 3.05. The molecule has 1 unspecified atom stereocenters. The zero-order valence-electron chi connectivity index (χ0n) is 10.2. The average molecular weight is 211 g/mol. The Morgan fingerprint density at radius 2 is 1.93 bits per heavy atom. The van der Waals surface area contributed by atoms with Crippen LogP contribution in [0.1, 0.15) is 58.8 Å². The van der Waals surface area contributed by atoms with E-state index in [0.29, 0.717) is 17.4 Å². The van der Waals surface area contributed by atoms with Gasteiger partial charge in [0.25, 0.3) is 0 Å². The summed E-state index contributed by atoms with van der Waals surface area (Å²) in [5.74, 6) is 0.625. The maximum atomic E-state index is 5.58. The van der Waals surface area contributed by atoms with Crippen LogP contribution >= 0.6 is 0 Å². The van der Waals surface area contributed by atoms with Crippen molar-refractivity contribution in [3.8, 4) is 0 Å². The third kappa shape index (κ3) is 2.54. The van der Waals surface area contributed by atoms with Crippen molar-refractivity contribution in [1.82, 2.24) is 5.48 Å². The quantitative estimate of drug-likeness (QED) is 0.721. The summed E-state index contributed by atoms with van der Waals surface area (Å²) in [6, 6.07) is 0.650. The number of hydrogen-bond acceptors (Lipinski definition) is 2. The Bertz CT molecular complexity index is 197. The smallest absolute Gasteiger partial charge is 0.0705 e. The molecule has 0 amide bonds. The van der Waals surface area contributed by atoms with Gasteiger partial charge in [0.1, 0.15) is 0 Å². The molecule has 2 rings (SSSR count). The lowest BCUT2D eigenvalue weighted by Gasteiger charge is -2.52. The summed E-state index contributed by atoms with van der Waals surface area (Å²) >= 11 is 0. The Morgan fingerprint density at radius 1 is 1.20 bits per heavy atom. The lowest BCUT2D eigenvalue weighted by molar-refractivity contribution is -0.0894. The highest BCUT2D eigenvalue weighted by atomic mass is 16.6. The van der Waals surface area contributed by atoms with Gasteiger partial charge in [0.05, 0.1) is 6.61 Å². The molecule has 1 atom stereocenters. The maximum Gasteiger partial charge on any atom is 0.0705 e. The van der Waals surface area contributed by atoms with Crippen molar-refractivity contribution in [2.24, 2.45) is 11.3 Å². The molecule has 2 aliphatic carbocycles. The van der Waals surface area contributed by atoms with E-state index < -0.39 is 0 Å². The number of nitrogens with one attached hydrogen (secondary N) is 1. The Kier molecular flexibility index (Phi) is 3.68. The minimum absolute atomic E-state index is 0.620.